The molecule has 0 aliphatic carbocycles. The zero-order chi connectivity index (χ0) is 23.4. The Labute approximate surface area is 197 Å². The molecule has 7 heteroatoms. The zero-order valence-electron chi connectivity index (χ0n) is 18.1. The van der Waals surface area contributed by atoms with E-state index in [9.17, 15) is 14.4 Å². The summed E-state index contributed by atoms with van der Waals surface area (Å²) in [6, 6.07) is 22.0. The van der Waals surface area contributed by atoms with Gasteiger partial charge in [0.05, 0.1) is 19.2 Å². The van der Waals surface area contributed by atoms with Crippen LogP contribution in [0.1, 0.15) is 22.3 Å². The van der Waals surface area contributed by atoms with Crippen LogP contribution in [0.2, 0.25) is 5.02 Å². The Balaban J connectivity index is 1.63. The molecule has 3 amide bonds. The molecule has 1 aliphatic rings. The van der Waals surface area contributed by atoms with Crippen LogP contribution in [0, 0.1) is 0 Å². The fourth-order valence-electron chi connectivity index (χ4n) is 3.95. The third-order valence-corrected chi connectivity index (χ3v) is 5.88. The number of nitrogens with zero attached hydrogens (tertiary/aromatic N) is 2. The van der Waals surface area contributed by atoms with Crippen molar-refractivity contribution in [2.75, 3.05) is 18.6 Å². The van der Waals surface area contributed by atoms with E-state index in [2.05, 4.69) is 0 Å². The number of halogens is 1. The van der Waals surface area contributed by atoms with Gasteiger partial charge >= 0.3 is 0 Å². The summed E-state index contributed by atoms with van der Waals surface area (Å²) in [7, 11) is 1.55. The minimum absolute atomic E-state index is 0.0643. The quantitative estimate of drug-likeness (QED) is 0.489. The summed E-state index contributed by atoms with van der Waals surface area (Å²) in [5.41, 5.74) is 1.86. The van der Waals surface area contributed by atoms with Gasteiger partial charge in [-0.25, -0.2) is 4.90 Å². The number of ether oxygens (including phenoxy) is 1. The molecule has 6 nitrogen and oxygen atoms in total. The molecule has 1 unspecified atom stereocenters. The second kappa shape index (κ2) is 9.88. The second-order valence-corrected chi connectivity index (χ2v) is 8.17. The molecule has 168 valence electrons. The fourth-order valence-corrected chi connectivity index (χ4v) is 4.16. The van der Waals surface area contributed by atoms with Crippen LogP contribution >= 0.6 is 11.6 Å². The highest BCUT2D eigenvalue weighted by molar-refractivity contribution is 6.30. The maximum Gasteiger partial charge on any atom is 0.257 e. The normalized spacial score (nSPS) is 15.6. The molecule has 1 saturated heterocycles. The number of hydrogen-bond donors (Lipinski definition) is 0. The summed E-state index contributed by atoms with van der Waals surface area (Å²) in [6.45, 7) is 0.261. The molecule has 0 radical (unpaired) electrons. The molecule has 1 heterocycles. The molecule has 33 heavy (non-hydrogen) atoms. The third-order valence-electron chi connectivity index (χ3n) is 5.64. The number of anilines is 1. The van der Waals surface area contributed by atoms with Crippen molar-refractivity contribution in [1.29, 1.82) is 0 Å². The number of amides is 3. The van der Waals surface area contributed by atoms with E-state index in [4.69, 9.17) is 16.3 Å². The maximum absolute atomic E-state index is 13.5. The molecule has 1 fully saturated rings. The second-order valence-electron chi connectivity index (χ2n) is 7.73. The number of imide groups is 1. The number of benzene rings is 3. The maximum atomic E-state index is 13.5. The topological polar surface area (TPSA) is 66.9 Å². The van der Waals surface area contributed by atoms with Gasteiger partial charge < -0.3 is 9.64 Å². The van der Waals surface area contributed by atoms with Crippen LogP contribution < -0.4 is 9.64 Å². The molecule has 3 aromatic carbocycles. The lowest BCUT2D eigenvalue weighted by molar-refractivity contribution is -0.122. The third kappa shape index (κ3) is 4.91. The van der Waals surface area contributed by atoms with Gasteiger partial charge in [0.2, 0.25) is 5.91 Å². The molecule has 1 atom stereocenters. The lowest BCUT2D eigenvalue weighted by Gasteiger charge is -2.28. The SMILES string of the molecule is COc1ccc(C(=O)N(CCc2cccc(Cl)c2)C2CC(=O)N(c3ccccc3)C2=O)cc1. The van der Waals surface area contributed by atoms with Crippen molar-refractivity contribution in [3.8, 4) is 5.75 Å². The van der Waals surface area contributed by atoms with E-state index in [-0.39, 0.29) is 24.8 Å². The molecule has 0 N–H and O–H groups in total. The van der Waals surface area contributed by atoms with Gasteiger partial charge in [0.15, 0.2) is 0 Å². The number of methoxy groups -OCH3 is 1. The van der Waals surface area contributed by atoms with E-state index in [1.54, 1.807) is 61.7 Å². The predicted molar refractivity (Wildman–Crippen MR) is 127 cm³/mol. The summed E-state index contributed by atoms with van der Waals surface area (Å²) in [6.07, 6.45) is 0.428. The molecule has 0 saturated carbocycles. The van der Waals surface area contributed by atoms with E-state index in [0.717, 1.165) is 5.56 Å². The summed E-state index contributed by atoms with van der Waals surface area (Å²) in [5.74, 6) is -0.425. The molecule has 4 rings (SSSR count). The highest BCUT2D eigenvalue weighted by atomic mass is 35.5. The molecule has 3 aromatic rings. The van der Waals surface area contributed by atoms with Gasteiger partial charge in [-0.3, -0.25) is 14.4 Å². The van der Waals surface area contributed by atoms with Gasteiger partial charge in [0.25, 0.3) is 11.8 Å². The fraction of sp³-hybridized carbons (Fsp3) is 0.192. The van der Waals surface area contributed by atoms with Crippen molar-refractivity contribution in [3.05, 3.63) is 95.0 Å². The lowest BCUT2D eigenvalue weighted by atomic mass is 10.1. The average molecular weight is 463 g/mol. The monoisotopic (exact) mass is 462 g/mol. The van der Waals surface area contributed by atoms with Crippen LogP contribution in [0.15, 0.2) is 78.9 Å². The van der Waals surface area contributed by atoms with Gasteiger partial charge in [-0.15, -0.1) is 0 Å². The first-order chi connectivity index (χ1) is 16.0. The van der Waals surface area contributed by atoms with E-state index in [0.29, 0.717) is 28.4 Å². The largest absolute Gasteiger partial charge is 0.497 e. The van der Waals surface area contributed by atoms with Crippen LogP contribution in [-0.2, 0) is 16.0 Å². The van der Waals surface area contributed by atoms with E-state index >= 15 is 0 Å². The van der Waals surface area contributed by atoms with Gasteiger partial charge in [-0.2, -0.15) is 0 Å². The van der Waals surface area contributed by atoms with Crippen molar-refractivity contribution in [2.45, 2.75) is 18.9 Å². The molecule has 0 aromatic heterocycles. The minimum Gasteiger partial charge on any atom is -0.497 e. The Morgan fingerprint density at radius 1 is 1.03 bits per heavy atom. The Kier molecular flexibility index (Phi) is 6.75. The van der Waals surface area contributed by atoms with Crippen molar-refractivity contribution in [3.63, 3.8) is 0 Å². The first-order valence-electron chi connectivity index (χ1n) is 10.6. The number of hydrogen-bond acceptors (Lipinski definition) is 4. The van der Waals surface area contributed by atoms with E-state index in [1.807, 2.05) is 24.3 Å². The number of carbonyl (C=O) groups is 3. The Morgan fingerprint density at radius 2 is 1.76 bits per heavy atom. The first-order valence-corrected chi connectivity index (χ1v) is 11.0. The van der Waals surface area contributed by atoms with Crippen LogP contribution in [0.3, 0.4) is 0 Å². The van der Waals surface area contributed by atoms with Crippen molar-refractivity contribution in [1.82, 2.24) is 4.90 Å². The van der Waals surface area contributed by atoms with Gasteiger partial charge in [-0.05, 0) is 60.5 Å². The number of para-hydroxylation sites is 1. The van der Waals surface area contributed by atoms with Crippen molar-refractivity contribution < 1.29 is 19.1 Å². The molecule has 0 bridgehead atoms. The Bertz CT molecular complexity index is 1160. The molecular formula is C26H23ClN2O4. The van der Waals surface area contributed by atoms with Crippen LogP contribution in [0.4, 0.5) is 5.69 Å². The smallest absolute Gasteiger partial charge is 0.257 e. The van der Waals surface area contributed by atoms with Crippen LogP contribution in [0.25, 0.3) is 0 Å². The van der Waals surface area contributed by atoms with Crippen molar-refractivity contribution in [2.24, 2.45) is 0 Å². The number of rotatable bonds is 7. The summed E-state index contributed by atoms with van der Waals surface area (Å²) >= 11 is 6.11. The average Bonchev–Trinajstić information content (AvgIpc) is 3.13. The first kappa shape index (κ1) is 22.6. The van der Waals surface area contributed by atoms with Crippen LogP contribution in [-0.4, -0.2) is 42.3 Å². The van der Waals surface area contributed by atoms with Crippen molar-refractivity contribution >= 4 is 35.0 Å². The van der Waals surface area contributed by atoms with Gasteiger partial charge in [-0.1, -0.05) is 41.9 Å². The number of carbonyl (C=O) groups excluding carboxylic acids is 3. The molecular weight excluding hydrogens is 440 g/mol. The van der Waals surface area contributed by atoms with E-state index in [1.165, 1.54) is 9.80 Å². The summed E-state index contributed by atoms with van der Waals surface area (Å²) < 4.78 is 5.18. The standard InChI is InChI=1S/C26H23ClN2O4/c1-33-22-12-10-19(11-13-22)25(31)28(15-14-18-6-5-7-20(27)16-18)23-17-24(30)29(26(23)32)21-8-3-2-4-9-21/h2-13,16,23H,14-15,17H2,1H3. The van der Waals surface area contributed by atoms with Gasteiger partial charge in [0, 0.05) is 17.1 Å². The van der Waals surface area contributed by atoms with Crippen LogP contribution in [0.5, 0.6) is 5.75 Å². The molecule has 0 spiro atoms. The highest BCUT2D eigenvalue weighted by Gasteiger charge is 2.44. The minimum atomic E-state index is -0.883. The zero-order valence-corrected chi connectivity index (χ0v) is 18.9. The molecule has 1 aliphatic heterocycles. The Hall–Kier alpha value is -3.64. The lowest BCUT2D eigenvalue weighted by Crippen LogP contribution is -2.46. The predicted octanol–water partition coefficient (Wildman–Crippen LogP) is 4.37. The van der Waals surface area contributed by atoms with E-state index < -0.39 is 11.9 Å². The summed E-state index contributed by atoms with van der Waals surface area (Å²) in [4.78, 5) is 42.3. The Morgan fingerprint density at radius 3 is 2.42 bits per heavy atom. The van der Waals surface area contributed by atoms with Gasteiger partial charge in [0.1, 0.15) is 11.8 Å². The summed E-state index contributed by atoms with van der Waals surface area (Å²) in [5, 5.41) is 0.600. The highest BCUT2D eigenvalue weighted by Crippen LogP contribution is 2.27.